The van der Waals surface area contributed by atoms with E-state index in [1.807, 2.05) is 13.1 Å². The number of guanidine groups is 1. The van der Waals surface area contributed by atoms with E-state index in [4.69, 9.17) is 4.74 Å². The number of rotatable bonds is 5. The second-order valence-corrected chi connectivity index (χ2v) is 5.58. The lowest BCUT2D eigenvalue weighted by Gasteiger charge is -2.28. The lowest BCUT2D eigenvalue weighted by atomic mass is 9.93. The first kappa shape index (κ1) is 19.1. The molecule has 0 bridgehead atoms. The smallest absolute Gasteiger partial charge is 0.193 e. The lowest BCUT2D eigenvalue weighted by molar-refractivity contribution is 0.266. The molecule has 1 atom stereocenters. The van der Waals surface area contributed by atoms with Crippen LogP contribution in [0.3, 0.4) is 0 Å². The molecule has 0 saturated carbocycles. The predicted octanol–water partition coefficient (Wildman–Crippen LogP) is 3.48. The van der Waals surface area contributed by atoms with Crippen molar-refractivity contribution >= 4 is 29.9 Å². The molecule has 0 spiro atoms. The molecule has 1 aromatic carbocycles. The van der Waals surface area contributed by atoms with Crippen LogP contribution in [-0.4, -0.2) is 44.7 Å². The Morgan fingerprint density at radius 3 is 2.91 bits per heavy atom. The Bertz CT molecular complexity index is 479. The number of unbranched alkanes of at least 4 members (excludes halogenated alkanes) is 1. The van der Waals surface area contributed by atoms with Crippen LogP contribution in [0.25, 0.3) is 0 Å². The van der Waals surface area contributed by atoms with Gasteiger partial charge in [-0.05, 0) is 24.5 Å². The zero-order valence-corrected chi connectivity index (χ0v) is 16.2. The van der Waals surface area contributed by atoms with Crippen LogP contribution >= 0.6 is 24.0 Å². The molecule has 4 nitrogen and oxygen atoms in total. The third kappa shape index (κ3) is 5.04. The van der Waals surface area contributed by atoms with Crippen LogP contribution in [0, 0.1) is 0 Å². The second-order valence-electron chi connectivity index (χ2n) is 5.58. The van der Waals surface area contributed by atoms with Crippen molar-refractivity contribution in [3.8, 4) is 5.75 Å². The molecule has 1 unspecified atom stereocenters. The molecule has 1 aromatic rings. The Kier molecular flexibility index (Phi) is 8.60. The fraction of sp³-hybridized carbons (Fsp3) is 0.588. The van der Waals surface area contributed by atoms with E-state index in [9.17, 15) is 0 Å². The molecule has 1 N–H and O–H groups in total. The van der Waals surface area contributed by atoms with E-state index in [0.717, 1.165) is 37.8 Å². The summed E-state index contributed by atoms with van der Waals surface area (Å²) in [6.07, 6.45) is 3.45. The van der Waals surface area contributed by atoms with Crippen LogP contribution in [0.2, 0.25) is 0 Å². The average Bonchev–Trinajstić information content (AvgIpc) is 2.53. The van der Waals surface area contributed by atoms with E-state index >= 15 is 0 Å². The minimum Gasteiger partial charge on any atom is -0.493 e. The van der Waals surface area contributed by atoms with E-state index in [-0.39, 0.29) is 24.0 Å². The Morgan fingerprint density at radius 1 is 1.41 bits per heavy atom. The topological polar surface area (TPSA) is 36.9 Å². The molecular formula is C17H28IN3O. The van der Waals surface area contributed by atoms with Gasteiger partial charge in [0.25, 0.3) is 0 Å². The van der Waals surface area contributed by atoms with Crippen LogP contribution in [0.5, 0.6) is 5.75 Å². The van der Waals surface area contributed by atoms with E-state index in [1.165, 1.54) is 18.4 Å². The summed E-state index contributed by atoms with van der Waals surface area (Å²) in [7, 11) is 3.95. The highest BCUT2D eigenvalue weighted by Crippen LogP contribution is 2.32. The molecule has 0 aliphatic carbocycles. The van der Waals surface area contributed by atoms with Gasteiger partial charge in [0, 0.05) is 33.1 Å². The van der Waals surface area contributed by atoms with Gasteiger partial charge in [-0.3, -0.25) is 4.99 Å². The molecule has 5 heteroatoms. The van der Waals surface area contributed by atoms with Gasteiger partial charge in [0.05, 0.1) is 6.61 Å². The van der Waals surface area contributed by atoms with E-state index in [0.29, 0.717) is 5.92 Å². The van der Waals surface area contributed by atoms with Gasteiger partial charge in [-0.1, -0.05) is 31.5 Å². The average molecular weight is 417 g/mol. The fourth-order valence-electron chi connectivity index (χ4n) is 2.73. The van der Waals surface area contributed by atoms with Crippen molar-refractivity contribution in [2.24, 2.45) is 4.99 Å². The number of fused-ring (bicyclic) bond motifs is 1. The van der Waals surface area contributed by atoms with Gasteiger partial charge in [0.2, 0.25) is 0 Å². The Labute approximate surface area is 151 Å². The number of hydrogen-bond acceptors (Lipinski definition) is 2. The largest absolute Gasteiger partial charge is 0.493 e. The minimum atomic E-state index is 0. The minimum absolute atomic E-state index is 0. The standard InChI is InChI=1S/C17H27N3O.HI/c1-4-5-11-20(3)17(18-2)19-13-14-10-12-21-16-9-7-6-8-15(14)16;/h6-9,14H,4-5,10-13H2,1-3H3,(H,18,19);1H. The number of nitrogens with zero attached hydrogens (tertiary/aromatic N) is 2. The quantitative estimate of drug-likeness (QED) is 0.453. The zero-order valence-electron chi connectivity index (χ0n) is 13.8. The number of ether oxygens (including phenoxy) is 1. The van der Waals surface area contributed by atoms with Crippen molar-refractivity contribution < 1.29 is 4.74 Å². The maximum atomic E-state index is 5.72. The number of para-hydroxylation sites is 1. The summed E-state index contributed by atoms with van der Waals surface area (Å²) in [6, 6.07) is 8.35. The number of aliphatic imine (C=N–C) groups is 1. The summed E-state index contributed by atoms with van der Waals surface area (Å²) in [4.78, 5) is 6.58. The highest BCUT2D eigenvalue weighted by molar-refractivity contribution is 14.0. The molecule has 1 aliphatic heterocycles. The maximum Gasteiger partial charge on any atom is 0.193 e. The molecule has 0 amide bonds. The SMILES string of the molecule is CCCCN(C)C(=NC)NCC1CCOc2ccccc21.I. The summed E-state index contributed by atoms with van der Waals surface area (Å²) in [5.41, 5.74) is 1.31. The van der Waals surface area contributed by atoms with Gasteiger partial charge in [-0.2, -0.15) is 0 Å². The molecule has 124 valence electrons. The van der Waals surface area contributed by atoms with Gasteiger partial charge in [-0.25, -0.2) is 0 Å². The molecule has 0 saturated heterocycles. The molecule has 0 aromatic heterocycles. The van der Waals surface area contributed by atoms with Gasteiger partial charge < -0.3 is 15.0 Å². The van der Waals surface area contributed by atoms with Gasteiger partial charge in [0.1, 0.15) is 5.75 Å². The van der Waals surface area contributed by atoms with Crippen molar-refractivity contribution in [2.45, 2.75) is 32.1 Å². The van der Waals surface area contributed by atoms with Crippen molar-refractivity contribution in [3.05, 3.63) is 29.8 Å². The molecule has 0 fully saturated rings. The molecule has 22 heavy (non-hydrogen) atoms. The lowest BCUT2D eigenvalue weighted by Crippen LogP contribution is -2.41. The Hall–Kier alpha value is -0.980. The third-order valence-electron chi connectivity index (χ3n) is 4.01. The van der Waals surface area contributed by atoms with Crippen molar-refractivity contribution in [3.63, 3.8) is 0 Å². The molecule has 1 heterocycles. The van der Waals surface area contributed by atoms with Gasteiger partial charge >= 0.3 is 0 Å². The first-order valence-electron chi connectivity index (χ1n) is 7.89. The maximum absolute atomic E-state index is 5.72. The van der Waals surface area contributed by atoms with Crippen LogP contribution < -0.4 is 10.1 Å². The summed E-state index contributed by atoms with van der Waals surface area (Å²) >= 11 is 0. The third-order valence-corrected chi connectivity index (χ3v) is 4.01. The summed E-state index contributed by atoms with van der Waals surface area (Å²) in [5, 5.41) is 3.51. The fourth-order valence-corrected chi connectivity index (χ4v) is 2.73. The number of nitrogens with one attached hydrogen (secondary N) is 1. The predicted molar refractivity (Wildman–Crippen MR) is 104 cm³/mol. The first-order chi connectivity index (χ1) is 10.3. The highest BCUT2D eigenvalue weighted by Gasteiger charge is 2.21. The monoisotopic (exact) mass is 417 g/mol. The zero-order chi connectivity index (χ0) is 15.1. The van der Waals surface area contributed by atoms with Gasteiger partial charge in [0.15, 0.2) is 5.96 Å². The van der Waals surface area contributed by atoms with Crippen LogP contribution in [0.4, 0.5) is 0 Å². The van der Waals surface area contributed by atoms with Crippen molar-refractivity contribution in [1.29, 1.82) is 0 Å². The van der Waals surface area contributed by atoms with E-state index in [1.54, 1.807) is 0 Å². The van der Waals surface area contributed by atoms with Crippen LogP contribution in [0.15, 0.2) is 29.3 Å². The number of hydrogen-bond donors (Lipinski definition) is 1. The van der Waals surface area contributed by atoms with Crippen molar-refractivity contribution in [2.75, 3.05) is 33.8 Å². The van der Waals surface area contributed by atoms with E-state index in [2.05, 4.69) is 47.4 Å². The number of benzene rings is 1. The Morgan fingerprint density at radius 2 is 2.18 bits per heavy atom. The van der Waals surface area contributed by atoms with Crippen LogP contribution in [-0.2, 0) is 0 Å². The molecule has 0 radical (unpaired) electrons. The van der Waals surface area contributed by atoms with Gasteiger partial charge in [-0.15, -0.1) is 24.0 Å². The number of halogens is 1. The highest BCUT2D eigenvalue weighted by atomic mass is 127. The molecule has 1 aliphatic rings. The Balaban J connectivity index is 0.00000242. The van der Waals surface area contributed by atoms with E-state index < -0.39 is 0 Å². The van der Waals surface area contributed by atoms with Crippen LogP contribution in [0.1, 0.15) is 37.7 Å². The molecule has 2 rings (SSSR count). The normalized spacial score (nSPS) is 17.0. The molecular weight excluding hydrogens is 389 g/mol. The summed E-state index contributed by atoms with van der Waals surface area (Å²) in [5.74, 6) is 2.50. The summed E-state index contributed by atoms with van der Waals surface area (Å²) < 4.78 is 5.72. The summed E-state index contributed by atoms with van der Waals surface area (Å²) in [6.45, 7) is 4.96. The second kappa shape index (κ2) is 9.92. The van der Waals surface area contributed by atoms with Crippen molar-refractivity contribution in [1.82, 2.24) is 10.2 Å². The first-order valence-corrected chi connectivity index (χ1v) is 7.89.